The Morgan fingerprint density at radius 3 is 2.06 bits per heavy atom. The van der Waals surface area contributed by atoms with Crippen LogP contribution in [0.1, 0.15) is 18.1 Å². The second kappa shape index (κ2) is 6.31. The second-order valence-electron chi connectivity index (χ2n) is 3.70. The lowest BCUT2D eigenvalue weighted by Gasteiger charge is -2.03. The Morgan fingerprint density at radius 2 is 1.62 bits per heavy atom. The van der Waals surface area contributed by atoms with E-state index in [-0.39, 0.29) is 6.15 Å². The van der Waals surface area contributed by atoms with Crippen molar-refractivity contribution in [2.45, 2.75) is 13.8 Å². The van der Waals surface area contributed by atoms with Gasteiger partial charge in [-0.15, -0.1) is 0 Å². The molecule has 2 nitrogen and oxygen atoms in total. The normalized spacial score (nSPS) is 14.1. The summed E-state index contributed by atoms with van der Waals surface area (Å²) in [5, 5.41) is 0. The van der Waals surface area contributed by atoms with Crippen LogP contribution in [0, 0.1) is 6.92 Å². The van der Waals surface area contributed by atoms with Crippen molar-refractivity contribution in [2.75, 3.05) is 11.5 Å². The molecule has 1 aliphatic heterocycles. The highest BCUT2D eigenvalue weighted by Crippen LogP contribution is 2.31. The molecule has 0 unspecified atom stereocenters. The number of benzene rings is 1. The molecule has 1 aliphatic rings. The molecule has 1 aromatic rings. The van der Waals surface area contributed by atoms with Gasteiger partial charge in [-0.25, -0.2) is 0 Å². The average molecular weight is 234 g/mol. The zero-order valence-electron chi connectivity index (χ0n) is 9.45. The summed E-state index contributed by atoms with van der Waals surface area (Å²) in [5.41, 5.74) is 5.85. The molecule has 84 valence electrons. The maximum Gasteiger partial charge on any atom is 0.373 e. The summed E-state index contributed by atoms with van der Waals surface area (Å²) in [4.78, 5) is 16.2. The average Bonchev–Trinajstić information content (AvgIpc) is 2.67. The van der Waals surface area contributed by atoms with Crippen LogP contribution in [0.5, 0.6) is 0 Å². The third kappa shape index (κ3) is 3.37. The first-order valence-electron chi connectivity index (χ1n) is 5.01. The monoisotopic (exact) mass is 234 g/mol. The highest BCUT2D eigenvalue weighted by molar-refractivity contribution is 8.00. The van der Waals surface area contributed by atoms with E-state index in [4.69, 9.17) is 9.59 Å². The maximum absolute atomic E-state index is 8.12. The lowest BCUT2D eigenvalue weighted by molar-refractivity contribution is -0.191. The topological polar surface area (TPSA) is 34.1 Å². The third-order valence-corrected chi connectivity index (χ3v) is 3.61. The van der Waals surface area contributed by atoms with Crippen molar-refractivity contribution in [2.24, 2.45) is 0 Å². The van der Waals surface area contributed by atoms with Gasteiger partial charge in [-0.05, 0) is 25.0 Å². The Labute approximate surface area is 99.7 Å². The molecule has 0 spiro atoms. The highest BCUT2D eigenvalue weighted by Gasteiger charge is 2.12. The molecule has 0 fully saturated rings. The molecular formula is C13H14O2S. The summed E-state index contributed by atoms with van der Waals surface area (Å²) in [6, 6.07) is 8.86. The molecule has 16 heavy (non-hydrogen) atoms. The fourth-order valence-corrected chi connectivity index (χ4v) is 2.80. The first-order valence-corrected chi connectivity index (χ1v) is 6.17. The van der Waals surface area contributed by atoms with E-state index in [1.807, 2.05) is 11.8 Å². The summed E-state index contributed by atoms with van der Waals surface area (Å²) >= 11 is 2.02. The molecular weight excluding hydrogens is 220 g/mol. The van der Waals surface area contributed by atoms with E-state index in [0.717, 1.165) is 0 Å². The van der Waals surface area contributed by atoms with Crippen LogP contribution in [0.3, 0.4) is 0 Å². The Balaban J connectivity index is 0.000000386. The van der Waals surface area contributed by atoms with Gasteiger partial charge >= 0.3 is 6.15 Å². The van der Waals surface area contributed by atoms with Gasteiger partial charge in [0, 0.05) is 11.5 Å². The van der Waals surface area contributed by atoms with Crippen LogP contribution in [0.2, 0.25) is 0 Å². The first kappa shape index (κ1) is 12.8. The minimum absolute atomic E-state index is 0.250. The van der Waals surface area contributed by atoms with Crippen molar-refractivity contribution in [1.82, 2.24) is 0 Å². The Kier molecular flexibility index (Phi) is 5.03. The maximum atomic E-state index is 8.12. The van der Waals surface area contributed by atoms with Crippen molar-refractivity contribution in [3.63, 3.8) is 0 Å². The van der Waals surface area contributed by atoms with Crippen molar-refractivity contribution in [3.05, 3.63) is 41.0 Å². The van der Waals surface area contributed by atoms with Crippen LogP contribution < -0.4 is 0 Å². The van der Waals surface area contributed by atoms with Gasteiger partial charge in [0.1, 0.15) is 0 Å². The Morgan fingerprint density at radius 1 is 1.06 bits per heavy atom. The van der Waals surface area contributed by atoms with Crippen LogP contribution in [0.15, 0.2) is 29.8 Å². The van der Waals surface area contributed by atoms with Gasteiger partial charge in [0.05, 0.1) is 0 Å². The van der Waals surface area contributed by atoms with E-state index < -0.39 is 0 Å². The molecule has 3 heteroatoms. The number of thioether (sulfide) groups is 1. The number of carbonyl (C=O) groups excluding carboxylic acids is 2. The van der Waals surface area contributed by atoms with Crippen molar-refractivity contribution >= 4 is 23.5 Å². The second-order valence-corrected chi connectivity index (χ2v) is 4.69. The van der Waals surface area contributed by atoms with Gasteiger partial charge in [-0.2, -0.15) is 21.4 Å². The molecule has 0 atom stereocenters. The van der Waals surface area contributed by atoms with Gasteiger partial charge in [0.2, 0.25) is 0 Å². The van der Waals surface area contributed by atoms with Crippen LogP contribution >= 0.6 is 11.8 Å². The minimum atomic E-state index is 0.250. The smallest absolute Gasteiger partial charge is 0.186 e. The number of rotatable bonds is 1. The molecule has 1 aromatic carbocycles. The fourth-order valence-electron chi connectivity index (χ4n) is 1.60. The number of hydrogen-bond acceptors (Lipinski definition) is 3. The van der Waals surface area contributed by atoms with Gasteiger partial charge in [-0.3, -0.25) is 0 Å². The van der Waals surface area contributed by atoms with Crippen LogP contribution in [0.4, 0.5) is 0 Å². The zero-order valence-corrected chi connectivity index (χ0v) is 10.3. The van der Waals surface area contributed by atoms with Gasteiger partial charge < -0.3 is 0 Å². The third-order valence-electron chi connectivity index (χ3n) is 2.48. The molecule has 0 saturated carbocycles. The zero-order chi connectivity index (χ0) is 12.0. The summed E-state index contributed by atoms with van der Waals surface area (Å²) in [6.45, 7) is 4.38. The molecule has 0 radical (unpaired) electrons. The Hall–Kier alpha value is -1.31. The largest absolute Gasteiger partial charge is 0.373 e. The van der Waals surface area contributed by atoms with E-state index in [1.165, 1.54) is 22.6 Å². The van der Waals surface area contributed by atoms with E-state index in [9.17, 15) is 0 Å². The predicted molar refractivity (Wildman–Crippen MR) is 66.1 cm³/mol. The SMILES string of the molecule is CC1=C(c2ccc(C)cc2)CSC1.O=C=O. The van der Waals surface area contributed by atoms with E-state index >= 15 is 0 Å². The summed E-state index contributed by atoms with van der Waals surface area (Å²) in [7, 11) is 0. The Bertz CT molecular complexity index is 412. The lowest BCUT2D eigenvalue weighted by Crippen LogP contribution is -1.86. The van der Waals surface area contributed by atoms with E-state index in [2.05, 4.69) is 38.1 Å². The van der Waals surface area contributed by atoms with Crippen molar-refractivity contribution in [3.8, 4) is 0 Å². The summed E-state index contributed by atoms with van der Waals surface area (Å²) < 4.78 is 0. The standard InChI is InChI=1S/C12H14S.CO2/c1-9-3-5-11(6-4-9)12-8-13-7-10(12)2;2-1-3/h3-6H,7-8H2,1-2H3;. The van der Waals surface area contributed by atoms with Crippen LogP contribution in [-0.2, 0) is 9.59 Å². The summed E-state index contributed by atoms with van der Waals surface area (Å²) in [5.74, 6) is 2.40. The number of aryl methyl sites for hydroxylation is 1. The molecule has 0 bridgehead atoms. The molecule has 0 saturated heterocycles. The summed E-state index contributed by atoms with van der Waals surface area (Å²) in [6.07, 6.45) is 0.250. The molecule has 0 aromatic heterocycles. The molecule has 0 amide bonds. The first-order chi connectivity index (χ1) is 7.69. The molecule has 2 rings (SSSR count). The lowest BCUT2D eigenvalue weighted by atomic mass is 10.0. The minimum Gasteiger partial charge on any atom is -0.186 e. The van der Waals surface area contributed by atoms with Gasteiger partial charge in [0.15, 0.2) is 0 Å². The van der Waals surface area contributed by atoms with E-state index in [1.54, 1.807) is 11.1 Å². The highest BCUT2D eigenvalue weighted by atomic mass is 32.2. The number of hydrogen-bond donors (Lipinski definition) is 0. The van der Waals surface area contributed by atoms with Crippen LogP contribution in [0.25, 0.3) is 5.57 Å². The van der Waals surface area contributed by atoms with Crippen molar-refractivity contribution < 1.29 is 9.59 Å². The van der Waals surface area contributed by atoms with Crippen LogP contribution in [-0.4, -0.2) is 17.7 Å². The predicted octanol–water partition coefficient (Wildman–Crippen LogP) is 2.93. The fraction of sp³-hybridized carbons (Fsp3) is 0.308. The van der Waals surface area contributed by atoms with Gasteiger partial charge in [-0.1, -0.05) is 35.4 Å². The van der Waals surface area contributed by atoms with E-state index in [0.29, 0.717) is 0 Å². The van der Waals surface area contributed by atoms with Crippen molar-refractivity contribution in [1.29, 1.82) is 0 Å². The molecule has 1 heterocycles. The molecule has 0 aliphatic carbocycles. The quantitative estimate of drug-likeness (QED) is 0.749. The molecule has 0 N–H and O–H groups in total. The van der Waals surface area contributed by atoms with Gasteiger partial charge in [0.25, 0.3) is 0 Å².